The number of likely N-dealkylation sites (tertiary alicyclic amines) is 1. The Balaban J connectivity index is 1.87. The second kappa shape index (κ2) is 10.8. The zero-order valence-electron chi connectivity index (χ0n) is 23.1. The number of hydrogen-bond donors (Lipinski definition) is 1. The molecule has 0 radical (unpaired) electrons. The van der Waals surface area contributed by atoms with Crippen LogP contribution in [0, 0.1) is 6.92 Å². The van der Waals surface area contributed by atoms with Crippen molar-refractivity contribution in [3.05, 3.63) is 106 Å². The number of aliphatic hydroxyl groups is 1. The molecule has 3 aromatic rings. The molecule has 1 heterocycles. The van der Waals surface area contributed by atoms with Crippen LogP contribution in [0.5, 0.6) is 5.75 Å². The number of Topliss-reactive ketones (excluding diaryl/α,β-unsaturated/α-hetero) is 1. The summed E-state index contributed by atoms with van der Waals surface area (Å²) in [4.78, 5) is 40.3. The SMILES string of the molecule is COC(=O)c1ccc(CN2C(=O)C(=O)/C(=C(/O)c3cc(C(C)(C)C)ccc3C)C2c2cccc(OC)c2)cc1. The third-order valence-corrected chi connectivity index (χ3v) is 7.04. The van der Waals surface area contributed by atoms with Crippen molar-refractivity contribution in [2.45, 2.75) is 45.7 Å². The highest BCUT2D eigenvalue weighted by atomic mass is 16.5. The monoisotopic (exact) mass is 527 g/mol. The second-order valence-electron chi connectivity index (χ2n) is 10.7. The molecule has 1 amide bonds. The Kier molecular flexibility index (Phi) is 7.63. The van der Waals surface area contributed by atoms with Crippen molar-refractivity contribution in [2.24, 2.45) is 0 Å². The number of nitrogens with zero attached hydrogens (tertiary/aromatic N) is 1. The Morgan fingerprint density at radius 1 is 0.974 bits per heavy atom. The summed E-state index contributed by atoms with van der Waals surface area (Å²) in [5, 5.41) is 11.6. The first-order chi connectivity index (χ1) is 18.5. The number of aryl methyl sites for hydroxylation is 1. The maximum absolute atomic E-state index is 13.5. The van der Waals surface area contributed by atoms with Gasteiger partial charge in [0.1, 0.15) is 11.5 Å². The molecule has 39 heavy (non-hydrogen) atoms. The summed E-state index contributed by atoms with van der Waals surface area (Å²) in [7, 11) is 2.85. The van der Waals surface area contributed by atoms with Gasteiger partial charge in [-0.2, -0.15) is 0 Å². The highest BCUT2D eigenvalue weighted by Crippen LogP contribution is 2.42. The lowest BCUT2D eigenvalue weighted by molar-refractivity contribution is -0.140. The average Bonchev–Trinajstić information content (AvgIpc) is 3.17. The van der Waals surface area contributed by atoms with E-state index in [1.54, 1.807) is 55.6 Å². The van der Waals surface area contributed by atoms with Gasteiger partial charge in [0.05, 0.1) is 31.4 Å². The first-order valence-corrected chi connectivity index (χ1v) is 12.7. The van der Waals surface area contributed by atoms with E-state index in [1.165, 1.54) is 12.0 Å². The van der Waals surface area contributed by atoms with Crippen LogP contribution in [0.15, 0.2) is 72.3 Å². The van der Waals surface area contributed by atoms with Crippen molar-refractivity contribution < 1.29 is 29.0 Å². The molecule has 1 atom stereocenters. The molecule has 0 bridgehead atoms. The van der Waals surface area contributed by atoms with Crippen LogP contribution in [0.25, 0.3) is 5.76 Å². The number of aliphatic hydroxyl groups excluding tert-OH is 1. The molecule has 1 unspecified atom stereocenters. The van der Waals surface area contributed by atoms with E-state index in [4.69, 9.17) is 9.47 Å². The predicted molar refractivity (Wildman–Crippen MR) is 149 cm³/mol. The minimum absolute atomic E-state index is 0.0218. The van der Waals surface area contributed by atoms with Crippen molar-refractivity contribution in [3.63, 3.8) is 0 Å². The molecule has 1 N–H and O–H groups in total. The van der Waals surface area contributed by atoms with Crippen molar-refractivity contribution in [3.8, 4) is 5.75 Å². The molecule has 0 spiro atoms. The summed E-state index contributed by atoms with van der Waals surface area (Å²) in [6.45, 7) is 8.17. The van der Waals surface area contributed by atoms with E-state index in [1.807, 2.05) is 25.1 Å². The highest BCUT2D eigenvalue weighted by molar-refractivity contribution is 6.46. The van der Waals surface area contributed by atoms with E-state index < -0.39 is 23.7 Å². The van der Waals surface area contributed by atoms with E-state index in [2.05, 4.69) is 20.8 Å². The lowest BCUT2D eigenvalue weighted by Gasteiger charge is -2.26. The van der Waals surface area contributed by atoms with Gasteiger partial charge in [0.15, 0.2) is 0 Å². The predicted octanol–water partition coefficient (Wildman–Crippen LogP) is 5.71. The van der Waals surface area contributed by atoms with Crippen LogP contribution in [0.2, 0.25) is 0 Å². The smallest absolute Gasteiger partial charge is 0.337 e. The van der Waals surface area contributed by atoms with Gasteiger partial charge in [-0.05, 0) is 64.9 Å². The third-order valence-electron chi connectivity index (χ3n) is 7.04. The zero-order valence-corrected chi connectivity index (χ0v) is 23.1. The second-order valence-corrected chi connectivity index (χ2v) is 10.7. The van der Waals surface area contributed by atoms with Crippen LogP contribution in [0.4, 0.5) is 0 Å². The largest absolute Gasteiger partial charge is 0.507 e. The summed E-state index contributed by atoms with van der Waals surface area (Å²) in [5.41, 5.74) is 3.85. The molecule has 4 rings (SSSR count). The number of esters is 1. The van der Waals surface area contributed by atoms with Crippen molar-refractivity contribution in [1.82, 2.24) is 4.90 Å². The first kappa shape index (κ1) is 27.6. The Labute approximate surface area is 228 Å². The minimum atomic E-state index is -0.849. The van der Waals surface area contributed by atoms with E-state index in [0.717, 1.165) is 11.1 Å². The standard InChI is InChI=1S/C32H33NO6/c1-19-10-15-23(32(2,3)4)17-25(19)28(34)26-27(22-8-7-9-24(16-22)38-5)33(30(36)29(26)35)18-20-11-13-21(14-12-20)31(37)39-6/h7-17,27,34H,18H2,1-6H3/b28-26+. The van der Waals surface area contributed by atoms with Gasteiger partial charge < -0.3 is 19.5 Å². The topological polar surface area (TPSA) is 93.1 Å². The number of benzene rings is 3. The number of ether oxygens (including phenoxy) is 2. The molecule has 3 aromatic carbocycles. The van der Waals surface area contributed by atoms with E-state index in [-0.39, 0.29) is 23.3 Å². The highest BCUT2D eigenvalue weighted by Gasteiger charge is 2.46. The van der Waals surface area contributed by atoms with Gasteiger partial charge in [-0.25, -0.2) is 4.79 Å². The Morgan fingerprint density at radius 2 is 1.67 bits per heavy atom. The van der Waals surface area contributed by atoms with Gasteiger partial charge in [-0.15, -0.1) is 0 Å². The molecule has 7 nitrogen and oxygen atoms in total. The van der Waals surface area contributed by atoms with Crippen LogP contribution in [-0.2, 0) is 26.3 Å². The Bertz CT molecular complexity index is 1460. The summed E-state index contributed by atoms with van der Waals surface area (Å²) >= 11 is 0. The summed E-state index contributed by atoms with van der Waals surface area (Å²) in [6, 6.07) is 18.7. The van der Waals surface area contributed by atoms with Crippen LogP contribution < -0.4 is 4.74 Å². The van der Waals surface area contributed by atoms with E-state index in [0.29, 0.717) is 28.0 Å². The van der Waals surface area contributed by atoms with Crippen LogP contribution >= 0.6 is 0 Å². The number of carbonyl (C=O) groups excluding carboxylic acids is 3. The summed E-state index contributed by atoms with van der Waals surface area (Å²) in [6.07, 6.45) is 0. The lowest BCUT2D eigenvalue weighted by Crippen LogP contribution is -2.29. The maximum atomic E-state index is 13.5. The number of amides is 1. The zero-order chi connectivity index (χ0) is 28.5. The molecule has 0 aromatic heterocycles. The summed E-state index contributed by atoms with van der Waals surface area (Å²) < 4.78 is 10.2. The number of rotatable bonds is 6. The molecule has 202 valence electrons. The fraction of sp³-hybridized carbons (Fsp3) is 0.281. The normalized spacial score (nSPS) is 16.9. The quantitative estimate of drug-likeness (QED) is 0.191. The number of ketones is 1. The molecular formula is C32H33NO6. The molecule has 1 aliphatic heterocycles. The van der Waals surface area contributed by atoms with Crippen molar-refractivity contribution in [1.29, 1.82) is 0 Å². The van der Waals surface area contributed by atoms with Gasteiger partial charge >= 0.3 is 5.97 Å². The van der Waals surface area contributed by atoms with Gasteiger partial charge in [0, 0.05) is 12.1 Å². The number of methoxy groups -OCH3 is 2. The molecule has 0 saturated carbocycles. The van der Waals surface area contributed by atoms with E-state index in [9.17, 15) is 19.5 Å². The number of carbonyl (C=O) groups is 3. The molecule has 0 aliphatic carbocycles. The molecule has 1 fully saturated rings. The first-order valence-electron chi connectivity index (χ1n) is 12.7. The Hall–Kier alpha value is -4.39. The average molecular weight is 528 g/mol. The molecule has 7 heteroatoms. The van der Waals surface area contributed by atoms with Gasteiger partial charge in [0.25, 0.3) is 11.7 Å². The number of hydrogen-bond acceptors (Lipinski definition) is 6. The maximum Gasteiger partial charge on any atom is 0.337 e. The minimum Gasteiger partial charge on any atom is -0.507 e. The van der Waals surface area contributed by atoms with Gasteiger partial charge in [-0.3, -0.25) is 9.59 Å². The molecule has 1 aliphatic rings. The van der Waals surface area contributed by atoms with Crippen LogP contribution in [0.1, 0.15) is 65.0 Å². The lowest BCUT2D eigenvalue weighted by atomic mass is 9.84. The van der Waals surface area contributed by atoms with E-state index >= 15 is 0 Å². The fourth-order valence-corrected chi connectivity index (χ4v) is 4.75. The molecular weight excluding hydrogens is 494 g/mol. The Morgan fingerprint density at radius 3 is 2.28 bits per heavy atom. The third kappa shape index (κ3) is 5.43. The van der Waals surface area contributed by atoms with Gasteiger partial charge in [-0.1, -0.05) is 57.2 Å². The summed E-state index contributed by atoms with van der Waals surface area (Å²) in [5.74, 6) is -1.59. The molecule has 1 saturated heterocycles. The fourth-order valence-electron chi connectivity index (χ4n) is 4.75. The van der Waals surface area contributed by atoms with Gasteiger partial charge in [0.2, 0.25) is 0 Å². The van der Waals surface area contributed by atoms with Crippen molar-refractivity contribution >= 4 is 23.4 Å². The van der Waals surface area contributed by atoms with Crippen molar-refractivity contribution in [2.75, 3.05) is 14.2 Å². The van der Waals surface area contributed by atoms with Crippen LogP contribution in [-0.4, -0.2) is 41.9 Å². The van der Waals surface area contributed by atoms with Crippen LogP contribution in [0.3, 0.4) is 0 Å².